The van der Waals surface area contributed by atoms with Crippen LogP contribution in [0.25, 0.3) is 0 Å². The van der Waals surface area contributed by atoms with Crippen molar-refractivity contribution >= 4 is 5.97 Å². The van der Waals surface area contributed by atoms with Gasteiger partial charge in [0.25, 0.3) is 0 Å². The summed E-state index contributed by atoms with van der Waals surface area (Å²) >= 11 is 0. The lowest BCUT2D eigenvalue weighted by Crippen LogP contribution is -2.29. The second kappa shape index (κ2) is 7.51. The Labute approximate surface area is 163 Å². The van der Waals surface area contributed by atoms with Crippen LogP contribution in [0.2, 0.25) is 0 Å². The number of nitrogens with zero attached hydrogens (tertiary/aromatic N) is 2. The molecule has 166 valence electrons. The number of alkyl halides is 9. The van der Waals surface area contributed by atoms with Gasteiger partial charge in [-0.25, -0.2) is 9.48 Å². The predicted octanol–water partition coefficient (Wildman–Crippen LogP) is 5.61. The van der Waals surface area contributed by atoms with E-state index >= 15 is 0 Å². The molecule has 0 saturated heterocycles. The molecule has 0 radical (unpaired) electrons. The SMILES string of the molecule is Cc1nn(C(C)c2ccc(C(F)(F)F)c(C(F)(F)F)c2)c(OC(=O)C(F)(F)F)c1C. The van der Waals surface area contributed by atoms with Crippen molar-refractivity contribution in [2.24, 2.45) is 0 Å². The molecule has 1 aromatic heterocycles. The van der Waals surface area contributed by atoms with Gasteiger partial charge in [0.05, 0.1) is 22.9 Å². The second-order valence-corrected chi connectivity index (χ2v) is 6.32. The minimum Gasteiger partial charge on any atom is -0.401 e. The lowest BCUT2D eigenvalue weighted by atomic mass is 9.99. The zero-order valence-electron chi connectivity index (χ0n) is 15.4. The van der Waals surface area contributed by atoms with Crippen LogP contribution >= 0.6 is 0 Å². The van der Waals surface area contributed by atoms with Gasteiger partial charge in [0.2, 0.25) is 5.88 Å². The Morgan fingerprint density at radius 1 is 0.967 bits per heavy atom. The number of benzene rings is 1. The number of carbonyl (C=O) groups excluding carboxylic acids is 1. The van der Waals surface area contributed by atoms with E-state index < -0.39 is 47.5 Å². The first-order valence-corrected chi connectivity index (χ1v) is 8.07. The van der Waals surface area contributed by atoms with E-state index in [1.165, 1.54) is 20.8 Å². The molecule has 0 aliphatic rings. The van der Waals surface area contributed by atoms with E-state index in [1.54, 1.807) is 0 Å². The van der Waals surface area contributed by atoms with Gasteiger partial charge in [-0.2, -0.15) is 44.6 Å². The van der Waals surface area contributed by atoms with Gasteiger partial charge < -0.3 is 4.74 Å². The largest absolute Gasteiger partial charge is 0.491 e. The van der Waals surface area contributed by atoms with Gasteiger partial charge in [0.15, 0.2) is 0 Å². The molecule has 0 aliphatic carbocycles. The van der Waals surface area contributed by atoms with Crippen LogP contribution in [0, 0.1) is 13.8 Å². The molecule has 30 heavy (non-hydrogen) atoms. The Morgan fingerprint density at radius 2 is 1.50 bits per heavy atom. The lowest BCUT2D eigenvalue weighted by Gasteiger charge is -2.20. The van der Waals surface area contributed by atoms with Crippen molar-refractivity contribution in [3.63, 3.8) is 0 Å². The van der Waals surface area contributed by atoms with Crippen LogP contribution in [-0.4, -0.2) is 21.9 Å². The molecule has 0 spiro atoms. The number of rotatable bonds is 3. The first kappa shape index (κ1) is 23.5. The number of esters is 1. The van der Waals surface area contributed by atoms with Crippen molar-refractivity contribution in [2.45, 2.75) is 45.3 Å². The van der Waals surface area contributed by atoms with Crippen LogP contribution in [0.1, 0.15) is 40.9 Å². The van der Waals surface area contributed by atoms with Gasteiger partial charge in [-0.3, -0.25) is 0 Å². The van der Waals surface area contributed by atoms with Gasteiger partial charge in [-0.15, -0.1) is 0 Å². The van der Waals surface area contributed by atoms with E-state index in [1.807, 2.05) is 0 Å². The fraction of sp³-hybridized carbons (Fsp3) is 0.412. The first-order chi connectivity index (χ1) is 13.4. The summed E-state index contributed by atoms with van der Waals surface area (Å²) in [5, 5.41) is 3.85. The highest BCUT2D eigenvalue weighted by Gasteiger charge is 2.44. The highest BCUT2D eigenvalue weighted by Crippen LogP contribution is 2.42. The van der Waals surface area contributed by atoms with Crippen LogP contribution in [0.15, 0.2) is 18.2 Å². The predicted molar refractivity (Wildman–Crippen MR) is 83.7 cm³/mol. The smallest absolute Gasteiger partial charge is 0.401 e. The number of hydrogen-bond acceptors (Lipinski definition) is 3. The number of ether oxygens (including phenoxy) is 1. The molecule has 1 atom stereocenters. The van der Waals surface area contributed by atoms with Crippen molar-refractivity contribution in [1.82, 2.24) is 9.78 Å². The minimum absolute atomic E-state index is 0.00223. The molecule has 0 saturated carbocycles. The third-order valence-electron chi connectivity index (χ3n) is 4.25. The average molecular weight is 448 g/mol. The fourth-order valence-corrected chi connectivity index (χ4v) is 2.58. The van der Waals surface area contributed by atoms with Gasteiger partial charge in [0.1, 0.15) is 0 Å². The zero-order valence-corrected chi connectivity index (χ0v) is 15.4. The van der Waals surface area contributed by atoms with Gasteiger partial charge in [-0.1, -0.05) is 6.07 Å². The van der Waals surface area contributed by atoms with E-state index in [9.17, 15) is 44.3 Å². The minimum atomic E-state index is -5.35. The van der Waals surface area contributed by atoms with Gasteiger partial charge in [-0.05, 0) is 38.5 Å². The average Bonchev–Trinajstić information content (AvgIpc) is 2.86. The zero-order chi connectivity index (χ0) is 23.2. The number of aromatic nitrogens is 2. The molecule has 1 heterocycles. The summed E-state index contributed by atoms with van der Waals surface area (Å²) in [6.45, 7) is 3.79. The van der Waals surface area contributed by atoms with E-state index in [0.29, 0.717) is 4.68 Å². The van der Waals surface area contributed by atoms with Crippen LogP contribution in [-0.2, 0) is 17.1 Å². The van der Waals surface area contributed by atoms with Crippen LogP contribution in [0.4, 0.5) is 39.5 Å². The molecular weight excluding hydrogens is 435 g/mol. The molecule has 0 N–H and O–H groups in total. The summed E-state index contributed by atoms with van der Waals surface area (Å²) < 4.78 is 121. The van der Waals surface area contributed by atoms with Gasteiger partial charge >= 0.3 is 24.5 Å². The Morgan fingerprint density at radius 3 is 1.97 bits per heavy atom. The molecule has 1 unspecified atom stereocenters. The van der Waals surface area contributed by atoms with Crippen molar-refractivity contribution in [2.75, 3.05) is 0 Å². The summed E-state index contributed by atoms with van der Waals surface area (Å²) in [5.41, 5.74) is -4.12. The lowest BCUT2D eigenvalue weighted by molar-refractivity contribution is -0.190. The Bertz CT molecular complexity index is 956. The molecule has 4 nitrogen and oxygen atoms in total. The molecule has 13 heteroatoms. The molecule has 2 rings (SSSR count). The van der Waals surface area contributed by atoms with Crippen LogP contribution in [0.5, 0.6) is 5.88 Å². The molecular formula is C17H13F9N2O2. The highest BCUT2D eigenvalue weighted by molar-refractivity contribution is 5.78. The van der Waals surface area contributed by atoms with E-state index in [2.05, 4.69) is 9.84 Å². The summed E-state index contributed by atoms with van der Waals surface area (Å²) in [6, 6.07) is -0.101. The summed E-state index contributed by atoms with van der Waals surface area (Å²) in [5.74, 6) is -3.27. The first-order valence-electron chi connectivity index (χ1n) is 8.07. The number of aryl methyl sites for hydroxylation is 1. The maximum absolute atomic E-state index is 13.2. The number of carbonyl (C=O) groups is 1. The summed E-state index contributed by atoms with van der Waals surface area (Å²) in [4.78, 5) is 11.2. The second-order valence-electron chi connectivity index (χ2n) is 6.32. The third-order valence-corrected chi connectivity index (χ3v) is 4.25. The Kier molecular flexibility index (Phi) is 5.89. The topological polar surface area (TPSA) is 44.1 Å². The number of hydrogen-bond donors (Lipinski definition) is 0. The molecule has 0 amide bonds. The Hall–Kier alpha value is -2.73. The summed E-state index contributed by atoms with van der Waals surface area (Å²) in [7, 11) is 0. The Balaban J connectivity index is 2.58. The van der Waals surface area contributed by atoms with Crippen LogP contribution < -0.4 is 4.74 Å². The standard InChI is InChI=1S/C17H13F9N2O2/c1-7-8(2)27-28(13(7)30-14(29)17(24,25)26)9(3)10-4-5-11(15(18,19)20)12(6-10)16(21,22)23/h4-6,9H,1-3H3. The normalized spacial score (nSPS) is 14.0. The van der Waals surface area contributed by atoms with E-state index in [-0.39, 0.29) is 29.0 Å². The van der Waals surface area contributed by atoms with Crippen molar-refractivity contribution in [3.8, 4) is 5.88 Å². The highest BCUT2D eigenvalue weighted by atomic mass is 19.4. The van der Waals surface area contributed by atoms with Crippen molar-refractivity contribution in [3.05, 3.63) is 46.1 Å². The maximum Gasteiger partial charge on any atom is 0.491 e. The van der Waals surface area contributed by atoms with Crippen LogP contribution in [0.3, 0.4) is 0 Å². The molecule has 1 aromatic carbocycles. The molecule has 0 aliphatic heterocycles. The van der Waals surface area contributed by atoms with Crippen molar-refractivity contribution < 1.29 is 49.0 Å². The van der Waals surface area contributed by atoms with E-state index in [0.717, 1.165) is 6.07 Å². The summed E-state index contributed by atoms with van der Waals surface area (Å²) in [6.07, 6.45) is -16.0. The molecule has 0 fully saturated rings. The number of halogens is 9. The molecule has 0 bridgehead atoms. The van der Waals surface area contributed by atoms with Gasteiger partial charge in [0, 0.05) is 5.56 Å². The quantitative estimate of drug-likeness (QED) is 0.453. The monoisotopic (exact) mass is 448 g/mol. The third kappa shape index (κ3) is 4.70. The molecule has 2 aromatic rings. The van der Waals surface area contributed by atoms with Crippen molar-refractivity contribution in [1.29, 1.82) is 0 Å². The van der Waals surface area contributed by atoms with E-state index in [4.69, 9.17) is 0 Å². The fourth-order valence-electron chi connectivity index (χ4n) is 2.58. The maximum atomic E-state index is 13.2.